The lowest BCUT2D eigenvalue weighted by Gasteiger charge is -2.29. The van der Waals surface area contributed by atoms with Crippen molar-refractivity contribution in [2.24, 2.45) is 0 Å². The maximum absolute atomic E-state index is 12.4. The second kappa shape index (κ2) is 5.85. The first kappa shape index (κ1) is 14.1. The normalized spacial score (nSPS) is 13.4. The largest absolute Gasteiger partial charge is 0.326 e. The SMILES string of the molecule is O=C(Nc1ccc([N+](=O)[O-])cc1)N1CCCc2ccccc21. The number of hydrogen-bond acceptors (Lipinski definition) is 3. The minimum absolute atomic E-state index is 0.00122. The number of fused-ring (bicyclic) bond motifs is 1. The van der Waals surface area contributed by atoms with Gasteiger partial charge in [0.15, 0.2) is 0 Å². The van der Waals surface area contributed by atoms with Crippen LogP contribution in [0.15, 0.2) is 48.5 Å². The van der Waals surface area contributed by atoms with Crippen molar-refractivity contribution in [3.8, 4) is 0 Å². The van der Waals surface area contributed by atoms with Gasteiger partial charge in [-0.2, -0.15) is 0 Å². The van der Waals surface area contributed by atoms with Crippen LogP contribution in [-0.2, 0) is 6.42 Å². The number of nitrogens with zero attached hydrogens (tertiary/aromatic N) is 2. The second-order valence-electron chi connectivity index (χ2n) is 5.12. The van der Waals surface area contributed by atoms with Crippen molar-refractivity contribution >= 4 is 23.1 Å². The van der Waals surface area contributed by atoms with Crippen molar-refractivity contribution in [1.29, 1.82) is 0 Å². The highest BCUT2D eigenvalue weighted by Crippen LogP contribution is 2.27. The summed E-state index contributed by atoms with van der Waals surface area (Å²) in [7, 11) is 0. The summed E-state index contributed by atoms with van der Waals surface area (Å²) in [4.78, 5) is 24.3. The van der Waals surface area contributed by atoms with Crippen LogP contribution in [0.4, 0.5) is 21.9 Å². The number of aryl methyl sites for hydroxylation is 1. The third kappa shape index (κ3) is 2.76. The van der Waals surface area contributed by atoms with Gasteiger partial charge in [0.05, 0.1) is 4.92 Å². The Hall–Kier alpha value is -2.89. The van der Waals surface area contributed by atoms with Gasteiger partial charge in [-0.25, -0.2) is 4.79 Å². The van der Waals surface area contributed by atoms with Crippen molar-refractivity contribution in [1.82, 2.24) is 0 Å². The van der Waals surface area contributed by atoms with Gasteiger partial charge < -0.3 is 5.32 Å². The van der Waals surface area contributed by atoms with Crippen LogP contribution in [-0.4, -0.2) is 17.5 Å². The van der Waals surface area contributed by atoms with Crippen LogP contribution in [0.5, 0.6) is 0 Å². The van der Waals surface area contributed by atoms with Crippen molar-refractivity contribution < 1.29 is 9.72 Å². The molecule has 0 spiro atoms. The fourth-order valence-electron chi connectivity index (χ4n) is 2.60. The lowest BCUT2D eigenvalue weighted by molar-refractivity contribution is -0.384. The van der Waals surface area contributed by atoms with Gasteiger partial charge >= 0.3 is 6.03 Å². The molecular formula is C16H15N3O3. The second-order valence-corrected chi connectivity index (χ2v) is 5.12. The Bertz CT molecular complexity index is 713. The Kier molecular flexibility index (Phi) is 3.74. The van der Waals surface area contributed by atoms with E-state index in [0.29, 0.717) is 12.2 Å². The molecular weight excluding hydrogens is 282 g/mol. The first-order chi connectivity index (χ1) is 10.6. The molecule has 6 nitrogen and oxygen atoms in total. The lowest BCUT2D eigenvalue weighted by Crippen LogP contribution is -2.38. The maximum Gasteiger partial charge on any atom is 0.326 e. The molecule has 1 aliphatic rings. The number of amides is 2. The predicted octanol–water partition coefficient (Wildman–Crippen LogP) is 3.58. The molecule has 0 atom stereocenters. The number of urea groups is 1. The van der Waals surface area contributed by atoms with Gasteiger partial charge in [-0.05, 0) is 36.6 Å². The Labute approximate surface area is 127 Å². The Morgan fingerprint density at radius 2 is 1.86 bits per heavy atom. The molecule has 6 heteroatoms. The van der Waals surface area contributed by atoms with E-state index in [1.165, 1.54) is 24.3 Å². The van der Waals surface area contributed by atoms with E-state index >= 15 is 0 Å². The predicted molar refractivity (Wildman–Crippen MR) is 84.2 cm³/mol. The smallest absolute Gasteiger partial charge is 0.308 e. The van der Waals surface area contributed by atoms with E-state index in [2.05, 4.69) is 5.32 Å². The van der Waals surface area contributed by atoms with Gasteiger partial charge in [-0.3, -0.25) is 15.0 Å². The summed E-state index contributed by atoms with van der Waals surface area (Å²) in [5.41, 5.74) is 2.63. The number of nitrogens with one attached hydrogen (secondary N) is 1. The number of carbonyl (C=O) groups is 1. The highest BCUT2D eigenvalue weighted by atomic mass is 16.6. The molecule has 1 N–H and O–H groups in total. The molecule has 0 saturated heterocycles. The molecule has 0 bridgehead atoms. The molecule has 0 aliphatic carbocycles. The van der Waals surface area contributed by atoms with Gasteiger partial charge in [0, 0.05) is 30.1 Å². The first-order valence-electron chi connectivity index (χ1n) is 7.06. The summed E-state index contributed by atoms with van der Waals surface area (Å²) in [5, 5.41) is 13.4. The minimum Gasteiger partial charge on any atom is -0.308 e. The highest BCUT2D eigenvalue weighted by molar-refractivity contribution is 6.02. The summed E-state index contributed by atoms with van der Waals surface area (Å²) < 4.78 is 0. The zero-order valence-corrected chi connectivity index (χ0v) is 11.9. The molecule has 0 radical (unpaired) electrons. The van der Waals surface area contributed by atoms with E-state index < -0.39 is 4.92 Å². The monoisotopic (exact) mass is 297 g/mol. The van der Waals surface area contributed by atoms with Gasteiger partial charge in [0.25, 0.3) is 5.69 Å². The van der Waals surface area contributed by atoms with E-state index in [1.54, 1.807) is 4.90 Å². The molecule has 3 rings (SSSR count). The number of anilines is 2. The summed E-state index contributed by atoms with van der Waals surface area (Å²) >= 11 is 0. The number of hydrogen-bond donors (Lipinski definition) is 1. The van der Waals surface area contributed by atoms with Crippen LogP contribution in [0.3, 0.4) is 0 Å². The molecule has 0 unspecified atom stereocenters. The molecule has 0 saturated carbocycles. The summed E-state index contributed by atoms with van der Waals surface area (Å²) in [6.45, 7) is 0.663. The summed E-state index contributed by atoms with van der Waals surface area (Å²) in [6, 6.07) is 13.4. The fourth-order valence-corrected chi connectivity index (χ4v) is 2.60. The van der Waals surface area contributed by atoms with Crippen molar-refractivity contribution in [3.05, 3.63) is 64.2 Å². The van der Waals surface area contributed by atoms with E-state index in [-0.39, 0.29) is 11.7 Å². The number of nitro groups is 1. The Balaban J connectivity index is 1.76. The molecule has 0 fully saturated rings. The average molecular weight is 297 g/mol. The molecule has 0 aromatic heterocycles. The summed E-state index contributed by atoms with van der Waals surface area (Å²) in [5.74, 6) is 0. The fraction of sp³-hybridized carbons (Fsp3) is 0.188. The average Bonchev–Trinajstić information content (AvgIpc) is 2.54. The van der Waals surface area contributed by atoms with Crippen molar-refractivity contribution in [2.45, 2.75) is 12.8 Å². The van der Waals surface area contributed by atoms with Gasteiger partial charge in [-0.1, -0.05) is 18.2 Å². The number of para-hydroxylation sites is 1. The van der Waals surface area contributed by atoms with Crippen molar-refractivity contribution in [2.75, 3.05) is 16.8 Å². The summed E-state index contributed by atoms with van der Waals surface area (Å²) in [6.07, 6.45) is 1.89. The Morgan fingerprint density at radius 1 is 1.14 bits per heavy atom. The molecule has 1 heterocycles. The van der Waals surface area contributed by atoms with Crippen molar-refractivity contribution in [3.63, 3.8) is 0 Å². The third-order valence-corrected chi connectivity index (χ3v) is 3.68. The number of nitro benzene ring substituents is 1. The van der Waals surface area contributed by atoms with E-state index in [4.69, 9.17) is 0 Å². The zero-order chi connectivity index (χ0) is 15.5. The van der Waals surface area contributed by atoms with Gasteiger partial charge in [-0.15, -0.1) is 0 Å². The first-order valence-corrected chi connectivity index (χ1v) is 7.06. The standard InChI is InChI=1S/C16H15N3O3/c20-16(17-13-7-9-14(10-8-13)19(21)22)18-11-3-5-12-4-1-2-6-15(12)18/h1-2,4,6-10H,3,5,11H2,(H,17,20). The maximum atomic E-state index is 12.4. The highest BCUT2D eigenvalue weighted by Gasteiger charge is 2.22. The van der Waals surface area contributed by atoms with E-state index in [9.17, 15) is 14.9 Å². The molecule has 1 aliphatic heterocycles. The number of non-ortho nitro benzene ring substituents is 1. The van der Waals surface area contributed by atoms with E-state index in [0.717, 1.165) is 24.1 Å². The zero-order valence-electron chi connectivity index (χ0n) is 11.9. The van der Waals surface area contributed by atoms with Crippen LogP contribution in [0.2, 0.25) is 0 Å². The van der Waals surface area contributed by atoms with Gasteiger partial charge in [0.2, 0.25) is 0 Å². The van der Waals surface area contributed by atoms with Crippen LogP contribution < -0.4 is 10.2 Å². The number of benzene rings is 2. The van der Waals surface area contributed by atoms with E-state index in [1.807, 2.05) is 24.3 Å². The number of rotatable bonds is 2. The third-order valence-electron chi connectivity index (χ3n) is 3.68. The topological polar surface area (TPSA) is 75.5 Å². The van der Waals surface area contributed by atoms with Crippen LogP contribution in [0.1, 0.15) is 12.0 Å². The van der Waals surface area contributed by atoms with Crippen LogP contribution in [0, 0.1) is 10.1 Å². The molecule has 2 amide bonds. The molecule has 22 heavy (non-hydrogen) atoms. The Morgan fingerprint density at radius 3 is 2.59 bits per heavy atom. The molecule has 2 aromatic rings. The molecule has 112 valence electrons. The minimum atomic E-state index is -0.466. The number of carbonyl (C=O) groups excluding carboxylic acids is 1. The quantitative estimate of drug-likeness (QED) is 0.680. The van der Waals surface area contributed by atoms with Gasteiger partial charge in [0.1, 0.15) is 0 Å². The lowest BCUT2D eigenvalue weighted by atomic mass is 10.0. The molecule has 2 aromatic carbocycles. The van der Waals surface area contributed by atoms with Crippen LogP contribution in [0.25, 0.3) is 0 Å². The van der Waals surface area contributed by atoms with Crippen LogP contribution >= 0.6 is 0 Å².